The summed E-state index contributed by atoms with van der Waals surface area (Å²) in [6, 6.07) is 18.3. The Balaban J connectivity index is 1.33. The molecule has 5 rings (SSSR count). The molecule has 1 amide bonds. The van der Waals surface area contributed by atoms with E-state index < -0.39 is 21.7 Å². The molecule has 3 aromatic carbocycles. The van der Waals surface area contributed by atoms with E-state index in [2.05, 4.69) is 24.0 Å². The van der Waals surface area contributed by atoms with E-state index in [0.717, 1.165) is 48.9 Å². The van der Waals surface area contributed by atoms with Crippen LogP contribution in [0.5, 0.6) is 5.75 Å². The molecule has 1 atom stereocenters. The van der Waals surface area contributed by atoms with Gasteiger partial charge in [-0.3, -0.25) is 9.69 Å². The minimum atomic E-state index is -3.82. The van der Waals surface area contributed by atoms with E-state index in [9.17, 15) is 17.6 Å². The maximum absolute atomic E-state index is 14.9. The van der Waals surface area contributed by atoms with Crippen LogP contribution in [0.15, 0.2) is 60.7 Å². The number of carbonyl (C=O) groups is 1. The Morgan fingerprint density at radius 3 is 2.31 bits per heavy atom. The zero-order chi connectivity index (χ0) is 27.9. The average molecular weight is 592 g/mol. The predicted octanol–water partition coefficient (Wildman–Crippen LogP) is 6.19. The summed E-state index contributed by atoms with van der Waals surface area (Å²) < 4.78 is 45.9. The SMILES string of the molecule is CC1(COc2cc(F)c(C(=O)NS(C)(=O)=O)cc2C2CC2)CN(C(c2ccccc2)c2cc(Cl)cc(Cl)c2)C1. The minimum Gasteiger partial charge on any atom is -0.493 e. The van der Waals surface area contributed by atoms with Crippen LogP contribution in [0.1, 0.15) is 58.8 Å². The summed E-state index contributed by atoms with van der Waals surface area (Å²) in [5, 5.41) is 1.15. The van der Waals surface area contributed by atoms with Crippen LogP contribution in [-0.2, 0) is 10.0 Å². The average Bonchev–Trinajstić information content (AvgIpc) is 3.66. The van der Waals surface area contributed by atoms with Crippen LogP contribution in [-0.4, -0.2) is 45.2 Å². The monoisotopic (exact) mass is 590 g/mol. The van der Waals surface area contributed by atoms with Gasteiger partial charge in [0.25, 0.3) is 5.91 Å². The Bertz CT molecular complexity index is 1490. The van der Waals surface area contributed by atoms with Crippen LogP contribution in [0.3, 0.4) is 0 Å². The molecule has 0 radical (unpaired) electrons. The van der Waals surface area contributed by atoms with Gasteiger partial charge in [0.15, 0.2) is 0 Å². The fraction of sp³-hybridized carbons (Fsp3) is 0.345. The van der Waals surface area contributed by atoms with E-state index in [1.54, 1.807) is 6.07 Å². The van der Waals surface area contributed by atoms with Gasteiger partial charge >= 0.3 is 0 Å². The maximum atomic E-state index is 14.9. The second-order valence-corrected chi connectivity index (χ2v) is 13.5. The molecule has 0 aromatic heterocycles. The molecule has 1 unspecified atom stereocenters. The molecule has 2 aliphatic rings. The topological polar surface area (TPSA) is 75.7 Å². The largest absolute Gasteiger partial charge is 0.493 e. The highest BCUT2D eigenvalue weighted by Gasteiger charge is 2.44. The predicted molar refractivity (Wildman–Crippen MR) is 151 cm³/mol. The van der Waals surface area contributed by atoms with Crippen molar-refractivity contribution in [3.63, 3.8) is 0 Å². The van der Waals surface area contributed by atoms with E-state index >= 15 is 0 Å². The number of halogens is 3. The lowest BCUT2D eigenvalue weighted by Crippen LogP contribution is -2.58. The quantitative estimate of drug-likeness (QED) is 0.321. The Kier molecular flexibility index (Phi) is 7.68. The first kappa shape index (κ1) is 27.9. The summed E-state index contributed by atoms with van der Waals surface area (Å²) in [6.07, 6.45) is 2.66. The van der Waals surface area contributed by atoms with Gasteiger partial charge in [-0.25, -0.2) is 17.5 Å². The number of hydrogen-bond donors (Lipinski definition) is 1. The first-order chi connectivity index (χ1) is 18.4. The molecule has 0 spiro atoms. The normalized spacial score (nSPS) is 17.8. The van der Waals surface area contributed by atoms with Crippen LogP contribution in [0.2, 0.25) is 10.0 Å². The van der Waals surface area contributed by atoms with Gasteiger partial charge in [-0.05, 0) is 59.7 Å². The number of rotatable bonds is 9. The first-order valence-corrected chi connectivity index (χ1v) is 15.3. The van der Waals surface area contributed by atoms with Crippen molar-refractivity contribution < 1.29 is 22.3 Å². The molecule has 2 fully saturated rings. The Labute approximate surface area is 238 Å². The van der Waals surface area contributed by atoms with E-state index in [4.69, 9.17) is 27.9 Å². The van der Waals surface area contributed by atoms with Gasteiger partial charge in [-0.2, -0.15) is 0 Å². The summed E-state index contributed by atoms with van der Waals surface area (Å²) >= 11 is 12.7. The molecule has 10 heteroatoms. The van der Waals surface area contributed by atoms with Gasteiger partial charge in [0, 0.05) is 34.6 Å². The second kappa shape index (κ2) is 10.7. The molecule has 1 aliphatic carbocycles. The molecule has 6 nitrogen and oxygen atoms in total. The van der Waals surface area contributed by atoms with Crippen molar-refractivity contribution in [3.8, 4) is 5.75 Å². The van der Waals surface area contributed by atoms with Crippen LogP contribution >= 0.6 is 23.2 Å². The molecule has 1 N–H and O–H groups in total. The summed E-state index contributed by atoms with van der Waals surface area (Å²) in [4.78, 5) is 14.7. The van der Waals surface area contributed by atoms with Gasteiger partial charge in [-0.1, -0.05) is 60.5 Å². The number of sulfonamides is 1. The molecule has 1 saturated carbocycles. The summed E-state index contributed by atoms with van der Waals surface area (Å²) in [7, 11) is -3.82. The van der Waals surface area contributed by atoms with Gasteiger partial charge in [-0.15, -0.1) is 0 Å². The molecule has 1 saturated heterocycles. The molecular weight excluding hydrogens is 562 g/mol. The highest BCUT2D eigenvalue weighted by molar-refractivity contribution is 7.89. The molecule has 3 aromatic rings. The number of carbonyl (C=O) groups excluding carboxylic acids is 1. The third-order valence-corrected chi connectivity index (χ3v) is 8.06. The minimum absolute atomic E-state index is 0.0393. The van der Waals surface area contributed by atoms with E-state index in [0.29, 0.717) is 22.4 Å². The number of nitrogens with zero attached hydrogens (tertiary/aromatic N) is 1. The second-order valence-electron chi connectivity index (χ2n) is 10.9. The third kappa shape index (κ3) is 6.57. The number of hydrogen-bond acceptors (Lipinski definition) is 5. The van der Waals surface area contributed by atoms with Crippen LogP contribution in [0, 0.1) is 11.2 Å². The van der Waals surface area contributed by atoms with Gasteiger partial charge in [0.2, 0.25) is 10.0 Å². The highest BCUT2D eigenvalue weighted by atomic mass is 35.5. The number of nitrogens with one attached hydrogen (secondary N) is 1. The van der Waals surface area contributed by atoms with Gasteiger partial charge in [0.05, 0.1) is 24.5 Å². The fourth-order valence-electron chi connectivity index (χ4n) is 5.25. The first-order valence-electron chi connectivity index (χ1n) is 12.6. The number of amides is 1. The van der Waals surface area contributed by atoms with Gasteiger partial charge in [0.1, 0.15) is 11.6 Å². The van der Waals surface area contributed by atoms with E-state index in [1.807, 2.05) is 35.1 Å². The highest BCUT2D eigenvalue weighted by Crippen LogP contribution is 2.46. The smallest absolute Gasteiger partial charge is 0.267 e. The molecule has 39 heavy (non-hydrogen) atoms. The summed E-state index contributed by atoms with van der Waals surface area (Å²) in [5.41, 5.74) is 2.36. The van der Waals surface area contributed by atoms with E-state index in [1.165, 1.54) is 12.1 Å². The van der Waals surface area contributed by atoms with Gasteiger partial charge < -0.3 is 4.74 Å². The molecule has 1 aliphatic heterocycles. The zero-order valence-electron chi connectivity index (χ0n) is 21.6. The summed E-state index contributed by atoms with van der Waals surface area (Å²) in [5.74, 6) is -1.26. The van der Waals surface area contributed by atoms with Crippen molar-refractivity contribution in [2.24, 2.45) is 5.41 Å². The molecule has 206 valence electrons. The van der Waals surface area contributed by atoms with Crippen molar-refractivity contribution in [2.45, 2.75) is 31.7 Å². The standard InChI is InChI=1S/C29H29Cl2FN2O4S/c1-29(15-34(16-29)27(19-6-4-3-5-7-19)20-10-21(30)12-22(31)11-20)17-38-26-14-25(32)24(13-23(26)18-8-9-18)28(35)33-39(2,36)37/h3-7,10-14,18,27H,8-9,15-17H2,1-2H3,(H,33,35). The number of ether oxygens (including phenoxy) is 1. The van der Waals surface area contributed by atoms with Crippen LogP contribution in [0.4, 0.5) is 4.39 Å². The lowest BCUT2D eigenvalue weighted by atomic mass is 9.79. The number of likely N-dealkylation sites (tertiary alicyclic amines) is 1. The van der Waals surface area contributed by atoms with Crippen molar-refractivity contribution >= 4 is 39.1 Å². The van der Waals surface area contributed by atoms with Crippen molar-refractivity contribution in [2.75, 3.05) is 26.0 Å². The Morgan fingerprint density at radius 1 is 1.08 bits per heavy atom. The van der Waals surface area contributed by atoms with E-state index in [-0.39, 0.29) is 22.9 Å². The molecular formula is C29H29Cl2FN2O4S. The lowest BCUT2D eigenvalue weighted by Gasteiger charge is -2.51. The van der Waals surface area contributed by atoms with Crippen LogP contribution in [0.25, 0.3) is 0 Å². The maximum Gasteiger partial charge on any atom is 0.267 e. The molecule has 1 heterocycles. The lowest BCUT2D eigenvalue weighted by molar-refractivity contribution is -0.0379. The van der Waals surface area contributed by atoms with Crippen molar-refractivity contribution in [1.82, 2.24) is 9.62 Å². The summed E-state index contributed by atoms with van der Waals surface area (Å²) in [6.45, 7) is 3.94. The third-order valence-electron chi connectivity index (χ3n) is 7.07. The molecule has 0 bridgehead atoms. The fourth-order valence-corrected chi connectivity index (χ4v) is 6.24. The Hall–Kier alpha value is -2.65. The van der Waals surface area contributed by atoms with Crippen LogP contribution < -0.4 is 9.46 Å². The Morgan fingerprint density at radius 2 is 1.72 bits per heavy atom. The zero-order valence-corrected chi connectivity index (χ0v) is 23.9. The van der Waals surface area contributed by atoms with Crippen molar-refractivity contribution in [1.29, 1.82) is 0 Å². The number of benzene rings is 3. The van der Waals surface area contributed by atoms with Crippen molar-refractivity contribution in [3.05, 3.63) is 98.8 Å².